The molecule has 0 aromatic heterocycles. The smallest absolute Gasteiger partial charge is 0.152 e. The molecule has 0 aliphatic carbocycles. The number of fused-ring (bicyclic) bond motifs is 1. The van der Waals surface area contributed by atoms with Crippen molar-refractivity contribution in [2.75, 3.05) is 31.2 Å². The molecule has 0 amide bonds. The molecule has 0 bridgehead atoms. The first kappa shape index (κ1) is 12.0. The third-order valence-corrected chi connectivity index (χ3v) is 5.21. The quantitative estimate of drug-likeness (QED) is 0.797. The lowest BCUT2D eigenvalue weighted by Gasteiger charge is -2.26. The van der Waals surface area contributed by atoms with Gasteiger partial charge in [0.05, 0.1) is 18.1 Å². The average molecular weight is 267 g/mol. The number of nitrogens with zero attached hydrogens (tertiary/aromatic N) is 1. The van der Waals surface area contributed by atoms with Crippen molar-refractivity contribution in [1.82, 2.24) is 4.90 Å². The van der Waals surface area contributed by atoms with Gasteiger partial charge in [-0.1, -0.05) is 12.1 Å². The average Bonchev–Trinajstić information content (AvgIpc) is 2.79. The SMILES string of the molecule is O=S1(=O)CCN(Cc2ccc3c(c2)CCO3)CC1. The van der Waals surface area contributed by atoms with Gasteiger partial charge in [0, 0.05) is 26.1 Å². The molecule has 4 nitrogen and oxygen atoms in total. The van der Waals surface area contributed by atoms with Gasteiger partial charge in [-0.2, -0.15) is 0 Å². The van der Waals surface area contributed by atoms with Crippen LogP contribution in [0.5, 0.6) is 5.75 Å². The summed E-state index contributed by atoms with van der Waals surface area (Å²) >= 11 is 0. The van der Waals surface area contributed by atoms with Crippen LogP contribution in [0.1, 0.15) is 11.1 Å². The first-order valence-electron chi connectivity index (χ1n) is 6.30. The van der Waals surface area contributed by atoms with E-state index in [2.05, 4.69) is 17.0 Å². The maximum absolute atomic E-state index is 11.4. The van der Waals surface area contributed by atoms with Gasteiger partial charge in [-0.05, 0) is 17.2 Å². The van der Waals surface area contributed by atoms with Gasteiger partial charge >= 0.3 is 0 Å². The second-order valence-electron chi connectivity index (χ2n) is 4.97. The third kappa shape index (κ3) is 2.52. The number of benzene rings is 1. The summed E-state index contributed by atoms with van der Waals surface area (Å²) in [7, 11) is -2.78. The summed E-state index contributed by atoms with van der Waals surface area (Å²) in [5.74, 6) is 1.59. The lowest BCUT2D eigenvalue weighted by molar-refractivity contribution is 0.287. The van der Waals surface area contributed by atoms with E-state index in [-0.39, 0.29) is 0 Å². The Morgan fingerprint density at radius 1 is 1.22 bits per heavy atom. The highest BCUT2D eigenvalue weighted by Gasteiger charge is 2.22. The van der Waals surface area contributed by atoms with Crippen molar-refractivity contribution in [3.8, 4) is 5.75 Å². The zero-order valence-electron chi connectivity index (χ0n) is 10.3. The van der Waals surface area contributed by atoms with Crippen LogP contribution >= 0.6 is 0 Å². The summed E-state index contributed by atoms with van der Waals surface area (Å²) in [5, 5.41) is 0. The van der Waals surface area contributed by atoms with E-state index in [0.717, 1.165) is 25.3 Å². The fourth-order valence-electron chi connectivity index (χ4n) is 2.50. The fourth-order valence-corrected chi connectivity index (χ4v) is 3.78. The van der Waals surface area contributed by atoms with Gasteiger partial charge in [-0.15, -0.1) is 0 Å². The molecule has 0 N–H and O–H groups in total. The normalized spacial score (nSPS) is 22.4. The Balaban J connectivity index is 1.67. The van der Waals surface area contributed by atoms with Gasteiger partial charge in [-0.25, -0.2) is 8.42 Å². The molecule has 0 unspecified atom stereocenters. The molecule has 1 aromatic rings. The minimum absolute atomic E-state index is 0.293. The van der Waals surface area contributed by atoms with E-state index < -0.39 is 9.84 Å². The Labute approximate surface area is 107 Å². The molecule has 98 valence electrons. The Kier molecular flexibility index (Phi) is 3.03. The van der Waals surface area contributed by atoms with E-state index in [0.29, 0.717) is 24.6 Å². The van der Waals surface area contributed by atoms with Crippen LogP contribution in [-0.4, -0.2) is 44.5 Å². The van der Waals surface area contributed by atoms with Crippen LogP contribution in [0.25, 0.3) is 0 Å². The monoisotopic (exact) mass is 267 g/mol. The van der Waals surface area contributed by atoms with Crippen molar-refractivity contribution in [2.45, 2.75) is 13.0 Å². The molecule has 3 rings (SSSR count). The molecule has 5 heteroatoms. The van der Waals surface area contributed by atoms with E-state index in [1.807, 2.05) is 6.07 Å². The van der Waals surface area contributed by atoms with Gasteiger partial charge in [0.15, 0.2) is 9.84 Å². The van der Waals surface area contributed by atoms with Crippen molar-refractivity contribution in [2.24, 2.45) is 0 Å². The highest BCUT2D eigenvalue weighted by molar-refractivity contribution is 7.91. The summed E-state index contributed by atoms with van der Waals surface area (Å²) in [5.41, 5.74) is 2.52. The van der Waals surface area contributed by atoms with E-state index in [1.54, 1.807) is 0 Å². The Bertz CT molecular complexity index is 539. The summed E-state index contributed by atoms with van der Waals surface area (Å²) in [6, 6.07) is 6.29. The molecule has 2 heterocycles. The molecule has 0 atom stereocenters. The number of ether oxygens (including phenoxy) is 1. The summed E-state index contributed by atoms with van der Waals surface area (Å²) in [6.45, 7) is 2.91. The molecule has 2 aliphatic heterocycles. The largest absolute Gasteiger partial charge is 0.493 e. The number of sulfone groups is 1. The van der Waals surface area contributed by atoms with E-state index in [4.69, 9.17) is 4.74 Å². The molecule has 1 aromatic carbocycles. The van der Waals surface area contributed by atoms with E-state index in [9.17, 15) is 8.42 Å². The Morgan fingerprint density at radius 3 is 2.78 bits per heavy atom. The molecule has 2 aliphatic rings. The second kappa shape index (κ2) is 4.55. The van der Waals surface area contributed by atoms with Crippen LogP contribution in [0.3, 0.4) is 0 Å². The van der Waals surface area contributed by atoms with Crippen molar-refractivity contribution in [1.29, 1.82) is 0 Å². The molecule has 0 saturated carbocycles. The van der Waals surface area contributed by atoms with Crippen molar-refractivity contribution < 1.29 is 13.2 Å². The van der Waals surface area contributed by atoms with Crippen molar-refractivity contribution in [3.05, 3.63) is 29.3 Å². The highest BCUT2D eigenvalue weighted by Crippen LogP contribution is 2.26. The second-order valence-corrected chi connectivity index (χ2v) is 7.27. The van der Waals surface area contributed by atoms with Crippen molar-refractivity contribution >= 4 is 9.84 Å². The minimum Gasteiger partial charge on any atom is -0.493 e. The van der Waals surface area contributed by atoms with E-state index in [1.165, 1.54) is 11.1 Å². The van der Waals surface area contributed by atoms with Crippen LogP contribution < -0.4 is 4.74 Å². The number of rotatable bonds is 2. The maximum atomic E-state index is 11.4. The van der Waals surface area contributed by atoms with Crippen LogP contribution in [0.15, 0.2) is 18.2 Å². The van der Waals surface area contributed by atoms with Crippen molar-refractivity contribution in [3.63, 3.8) is 0 Å². The molecule has 18 heavy (non-hydrogen) atoms. The Hall–Kier alpha value is -1.07. The number of hydrogen-bond acceptors (Lipinski definition) is 4. The maximum Gasteiger partial charge on any atom is 0.152 e. The van der Waals surface area contributed by atoms with Gasteiger partial charge in [0.1, 0.15) is 5.75 Å². The zero-order chi connectivity index (χ0) is 12.6. The fraction of sp³-hybridized carbons (Fsp3) is 0.538. The van der Waals surface area contributed by atoms with Gasteiger partial charge in [0.25, 0.3) is 0 Å². The van der Waals surface area contributed by atoms with Gasteiger partial charge in [-0.3, -0.25) is 4.90 Å². The molecular weight excluding hydrogens is 250 g/mol. The first-order valence-corrected chi connectivity index (χ1v) is 8.12. The van der Waals surface area contributed by atoms with Gasteiger partial charge < -0.3 is 4.74 Å². The summed E-state index contributed by atoms with van der Waals surface area (Å²) < 4.78 is 28.2. The molecule has 0 spiro atoms. The highest BCUT2D eigenvalue weighted by atomic mass is 32.2. The minimum atomic E-state index is -2.78. The van der Waals surface area contributed by atoms with Crippen LogP contribution in [0, 0.1) is 0 Å². The molecule has 1 fully saturated rings. The summed E-state index contributed by atoms with van der Waals surface area (Å²) in [4.78, 5) is 2.21. The lowest BCUT2D eigenvalue weighted by Crippen LogP contribution is -2.39. The lowest BCUT2D eigenvalue weighted by atomic mass is 10.1. The molecule has 0 radical (unpaired) electrons. The third-order valence-electron chi connectivity index (χ3n) is 3.60. The van der Waals surface area contributed by atoms with Crippen LogP contribution in [0.2, 0.25) is 0 Å². The predicted molar refractivity (Wildman–Crippen MR) is 69.6 cm³/mol. The van der Waals surface area contributed by atoms with E-state index >= 15 is 0 Å². The van der Waals surface area contributed by atoms with Crippen LogP contribution in [0.4, 0.5) is 0 Å². The predicted octanol–water partition coefficient (Wildman–Crippen LogP) is 0.852. The standard InChI is InChI=1S/C13H17NO3S/c15-18(16)7-4-14(5-8-18)10-11-1-2-13-12(9-11)3-6-17-13/h1-2,9H,3-8,10H2. The van der Waals surface area contributed by atoms with Gasteiger partial charge in [0.2, 0.25) is 0 Å². The zero-order valence-corrected chi connectivity index (χ0v) is 11.1. The number of hydrogen-bond donors (Lipinski definition) is 0. The topological polar surface area (TPSA) is 46.6 Å². The first-order chi connectivity index (χ1) is 8.62. The molecular formula is C13H17NO3S. The van der Waals surface area contributed by atoms with Crippen LogP contribution in [-0.2, 0) is 22.8 Å². The molecule has 1 saturated heterocycles. The summed E-state index contributed by atoms with van der Waals surface area (Å²) in [6.07, 6.45) is 0.984. The Morgan fingerprint density at radius 2 is 2.00 bits per heavy atom.